The summed E-state index contributed by atoms with van der Waals surface area (Å²) in [5, 5.41) is 4.48. The number of carbonyl (C=O) groups excluding carboxylic acids is 2. The van der Waals surface area contributed by atoms with Gasteiger partial charge in [0.05, 0.1) is 23.0 Å². The summed E-state index contributed by atoms with van der Waals surface area (Å²) in [5.41, 5.74) is 2.25. The molecular formula is C23H26FN3O3. The number of rotatable bonds is 2. The number of halogens is 1. The molecule has 0 N–H and O–H groups in total. The van der Waals surface area contributed by atoms with Gasteiger partial charge in [-0.3, -0.25) is 4.79 Å². The van der Waals surface area contributed by atoms with Crippen LogP contribution in [0, 0.1) is 11.2 Å². The lowest BCUT2D eigenvalue weighted by molar-refractivity contribution is -0.126. The van der Waals surface area contributed by atoms with Crippen molar-refractivity contribution in [3.05, 3.63) is 53.1 Å². The molecule has 6 nitrogen and oxygen atoms in total. The molecular weight excluding hydrogens is 385 g/mol. The number of benzene rings is 1. The Bertz CT molecular complexity index is 1030. The maximum Gasteiger partial charge on any atom is 0.410 e. The smallest absolute Gasteiger partial charge is 0.410 e. The lowest BCUT2D eigenvalue weighted by Gasteiger charge is -2.45. The van der Waals surface area contributed by atoms with Gasteiger partial charge >= 0.3 is 6.09 Å². The second kappa shape index (κ2) is 7.07. The molecule has 1 saturated heterocycles. The Morgan fingerprint density at radius 3 is 2.53 bits per heavy atom. The van der Waals surface area contributed by atoms with Crippen molar-refractivity contribution < 1.29 is 18.7 Å². The maximum absolute atomic E-state index is 13.3. The SMILES string of the molecule is CC(=O)[C@]12Cc3cnn(-c4ccc(F)cc4)c3C=C1CCN(C(=O)OC(C)(C)C)C2. The number of likely N-dealkylation sites (tertiary alicyclic amines) is 1. The average molecular weight is 411 g/mol. The summed E-state index contributed by atoms with van der Waals surface area (Å²) in [6.45, 7) is 7.87. The Morgan fingerprint density at radius 2 is 1.90 bits per heavy atom. The molecule has 0 spiro atoms. The topological polar surface area (TPSA) is 64.4 Å². The largest absolute Gasteiger partial charge is 0.444 e. The van der Waals surface area contributed by atoms with E-state index in [0.29, 0.717) is 25.9 Å². The summed E-state index contributed by atoms with van der Waals surface area (Å²) in [6.07, 6.45) is 4.44. The highest BCUT2D eigenvalue weighted by Crippen LogP contribution is 2.45. The molecule has 0 bridgehead atoms. The first-order chi connectivity index (χ1) is 14.1. The van der Waals surface area contributed by atoms with Gasteiger partial charge < -0.3 is 9.64 Å². The number of aromatic nitrogens is 2. The molecule has 158 valence electrons. The van der Waals surface area contributed by atoms with Gasteiger partial charge in [0.1, 0.15) is 17.2 Å². The zero-order valence-electron chi connectivity index (χ0n) is 17.7. The molecule has 1 aromatic carbocycles. The number of amides is 1. The fraction of sp³-hybridized carbons (Fsp3) is 0.435. The van der Waals surface area contributed by atoms with E-state index >= 15 is 0 Å². The van der Waals surface area contributed by atoms with Gasteiger partial charge in [-0.05, 0) is 76.4 Å². The van der Waals surface area contributed by atoms with Crippen LogP contribution in [0.15, 0.2) is 36.0 Å². The zero-order chi connectivity index (χ0) is 21.7. The van der Waals surface area contributed by atoms with Crippen LogP contribution < -0.4 is 0 Å². The lowest BCUT2D eigenvalue weighted by Crippen LogP contribution is -2.53. The molecule has 0 saturated carbocycles. The molecule has 1 fully saturated rings. The monoisotopic (exact) mass is 411 g/mol. The normalized spacial score (nSPS) is 20.8. The minimum absolute atomic E-state index is 0.0298. The van der Waals surface area contributed by atoms with Crippen molar-refractivity contribution in [3.8, 4) is 5.69 Å². The van der Waals surface area contributed by atoms with E-state index in [2.05, 4.69) is 5.10 Å². The maximum atomic E-state index is 13.3. The Labute approximate surface area is 175 Å². The highest BCUT2D eigenvalue weighted by molar-refractivity contribution is 5.90. The number of piperidine rings is 1. The molecule has 0 unspecified atom stereocenters. The predicted molar refractivity (Wildman–Crippen MR) is 111 cm³/mol. The van der Waals surface area contributed by atoms with Crippen LogP contribution in [0.5, 0.6) is 0 Å². The van der Waals surface area contributed by atoms with Crippen molar-refractivity contribution in [1.82, 2.24) is 14.7 Å². The van der Waals surface area contributed by atoms with Crippen molar-refractivity contribution in [2.45, 2.75) is 46.1 Å². The van der Waals surface area contributed by atoms with Crippen LogP contribution in [0.1, 0.15) is 45.4 Å². The van der Waals surface area contributed by atoms with E-state index in [1.165, 1.54) is 12.1 Å². The highest BCUT2D eigenvalue weighted by Gasteiger charge is 2.48. The summed E-state index contributed by atoms with van der Waals surface area (Å²) in [6, 6.07) is 6.16. The van der Waals surface area contributed by atoms with Crippen molar-refractivity contribution in [2.24, 2.45) is 5.41 Å². The quantitative estimate of drug-likeness (QED) is 0.744. The van der Waals surface area contributed by atoms with Crippen molar-refractivity contribution in [3.63, 3.8) is 0 Å². The number of carbonyl (C=O) groups is 2. The van der Waals surface area contributed by atoms with Gasteiger partial charge in [0, 0.05) is 13.1 Å². The molecule has 2 aromatic rings. The van der Waals surface area contributed by atoms with Gasteiger partial charge in [-0.1, -0.05) is 5.57 Å². The molecule has 2 heterocycles. The molecule has 0 radical (unpaired) electrons. The summed E-state index contributed by atoms with van der Waals surface area (Å²) in [5.74, 6) is -0.273. The lowest BCUT2D eigenvalue weighted by atomic mass is 9.66. The Balaban J connectivity index is 1.68. The van der Waals surface area contributed by atoms with Gasteiger partial charge in [-0.15, -0.1) is 0 Å². The number of hydrogen-bond acceptors (Lipinski definition) is 4. The first-order valence-corrected chi connectivity index (χ1v) is 10.1. The second-order valence-electron chi connectivity index (χ2n) is 9.08. The first-order valence-electron chi connectivity index (χ1n) is 10.1. The van der Waals surface area contributed by atoms with E-state index in [0.717, 1.165) is 22.5 Å². The minimum Gasteiger partial charge on any atom is -0.444 e. The van der Waals surface area contributed by atoms with E-state index in [1.807, 2.05) is 26.8 Å². The Kier molecular flexibility index (Phi) is 4.79. The van der Waals surface area contributed by atoms with Gasteiger partial charge in [0.15, 0.2) is 0 Å². The molecule has 2 aliphatic rings. The molecule has 1 aliphatic carbocycles. The standard InChI is InChI=1S/C23H26FN3O3/c1-15(28)23-12-16-13-25-27(19-7-5-18(24)6-8-19)20(16)11-17(23)9-10-26(14-23)21(29)30-22(2,3)4/h5-8,11,13H,9-10,12,14H2,1-4H3/t23-/m1/s1. The fourth-order valence-electron chi connectivity index (χ4n) is 4.29. The van der Waals surface area contributed by atoms with Gasteiger partial charge in [0.25, 0.3) is 0 Å². The van der Waals surface area contributed by atoms with Gasteiger partial charge in [0.2, 0.25) is 0 Å². The van der Waals surface area contributed by atoms with E-state index in [9.17, 15) is 14.0 Å². The van der Waals surface area contributed by atoms with Crippen LogP contribution in [0.3, 0.4) is 0 Å². The number of fused-ring (bicyclic) bond motifs is 2. The number of hydrogen-bond donors (Lipinski definition) is 0. The molecule has 30 heavy (non-hydrogen) atoms. The molecule has 1 aromatic heterocycles. The second-order valence-corrected chi connectivity index (χ2v) is 9.08. The molecule has 1 atom stereocenters. The summed E-state index contributed by atoms with van der Waals surface area (Å²) >= 11 is 0. The summed E-state index contributed by atoms with van der Waals surface area (Å²) in [7, 11) is 0. The van der Waals surface area contributed by atoms with Crippen LogP contribution in [-0.2, 0) is 16.0 Å². The zero-order valence-corrected chi connectivity index (χ0v) is 17.7. The third kappa shape index (κ3) is 3.53. The number of Topliss-reactive ketones (excluding diaryl/α,β-unsaturated/α-hetero) is 1. The number of ether oxygens (including phenoxy) is 1. The highest BCUT2D eigenvalue weighted by atomic mass is 19.1. The van der Waals surface area contributed by atoms with Crippen molar-refractivity contribution >= 4 is 18.0 Å². The van der Waals surface area contributed by atoms with E-state index < -0.39 is 17.1 Å². The molecule has 1 amide bonds. The van der Waals surface area contributed by atoms with E-state index in [1.54, 1.807) is 34.8 Å². The van der Waals surface area contributed by atoms with E-state index in [-0.39, 0.29) is 11.6 Å². The van der Waals surface area contributed by atoms with Crippen LogP contribution in [0.4, 0.5) is 9.18 Å². The first kappa shape index (κ1) is 20.3. The van der Waals surface area contributed by atoms with Gasteiger partial charge in [-0.2, -0.15) is 5.10 Å². The van der Waals surface area contributed by atoms with Crippen LogP contribution in [0.2, 0.25) is 0 Å². The molecule has 4 rings (SSSR count). The third-order valence-electron chi connectivity index (χ3n) is 5.81. The van der Waals surface area contributed by atoms with E-state index in [4.69, 9.17) is 4.74 Å². The molecule has 1 aliphatic heterocycles. The Hall–Kier alpha value is -2.96. The minimum atomic E-state index is -0.765. The van der Waals surface area contributed by atoms with Gasteiger partial charge in [-0.25, -0.2) is 13.9 Å². The third-order valence-corrected chi connectivity index (χ3v) is 5.81. The summed E-state index contributed by atoms with van der Waals surface area (Å²) < 4.78 is 20.6. The number of nitrogens with zero attached hydrogens (tertiary/aromatic N) is 3. The predicted octanol–water partition coefficient (Wildman–Crippen LogP) is 4.17. The fourth-order valence-corrected chi connectivity index (χ4v) is 4.29. The molecule has 7 heteroatoms. The van der Waals surface area contributed by atoms with Crippen LogP contribution >= 0.6 is 0 Å². The summed E-state index contributed by atoms with van der Waals surface area (Å²) in [4.78, 5) is 27.1. The average Bonchev–Trinajstić information content (AvgIpc) is 3.07. The van der Waals surface area contributed by atoms with Crippen molar-refractivity contribution in [2.75, 3.05) is 13.1 Å². The van der Waals surface area contributed by atoms with Crippen LogP contribution in [-0.4, -0.2) is 45.2 Å². The number of ketones is 1. The van der Waals surface area contributed by atoms with Crippen molar-refractivity contribution in [1.29, 1.82) is 0 Å². The van der Waals surface area contributed by atoms with Crippen LogP contribution in [0.25, 0.3) is 11.8 Å². The Morgan fingerprint density at radius 1 is 1.20 bits per heavy atom.